The lowest BCUT2D eigenvalue weighted by Crippen LogP contribution is -2.27. The van der Waals surface area contributed by atoms with E-state index < -0.39 is 0 Å². The second-order valence-corrected chi connectivity index (χ2v) is 6.71. The summed E-state index contributed by atoms with van der Waals surface area (Å²) in [6.07, 6.45) is 0.905. The first-order valence-electron chi connectivity index (χ1n) is 7.77. The number of hydrogen-bond acceptors (Lipinski definition) is 5. The summed E-state index contributed by atoms with van der Waals surface area (Å²) in [5.41, 5.74) is 2.08. The Morgan fingerprint density at radius 2 is 2.12 bits per heavy atom. The second kappa shape index (κ2) is 7.05. The highest BCUT2D eigenvalue weighted by Gasteiger charge is 2.23. The normalized spacial score (nSPS) is 11.9. The first kappa shape index (κ1) is 16.5. The molecule has 1 aliphatic heterocycles. The Labute approximate surface area is 144 Å². The molecule has 0 unspecified atom stereocenters. The zero-order valence-corrected chi connectivity index (χ0v) is 14.5. The van der Waals surface area contributed by atoms with E-state index in [4.69, 9.17) is 4.74 Å². The summed E-state index contributed by atoms with van der Waals surface area (Å²) >= 11 is 1.50. The number of para-hydroxylation sites is 1. The quantitative estimate of drug-likeness (QED) is 0.780. The van der Waals surface area contributed by atoms with E-state index in [0.29, 0.717) is 30.9 Å². The molecular formula is C18H19NO4S. The Balaban J connectivity index is 1.71. The number of ether oxygens (including phenoxy) is 2. The molecule has 5 nitrogen and oxygen atoms in total. The maximum Gasteiger partial charge on any atom is 0.305 e. The van der Waals surface area contributed by atoms with Crippen LogP contribution in [-0.4, -0.2) is 37.5 Å². The van der Waals surface area contributed by atoms with E-state index in [1.54, 1.807) is 11.9 Å². The van der Waals surface area contributed by atoms with Crippen LogP contribution in [0.3, 0.4) is 0 Å². The second-order valence-electron chi connectivity index (χ2n) is 5.66. The fraction of sp³-hybridized carbons (Fsp3) is 0.333. The number of esters is 1. The molecule has 1 amide bonds. The number of carbonyl (C=O) groups excluding carboxylic acids is 2. The lowest BCUT2D eigenvalue weighted by atomic mass is 10.1. The Morgan fingerprint density at radius 1 is 1.33 bits per heavy atom. The van der Waals surface area contributed by atoms with E-state index in [9.17, 15) is 9.59 Å². The molecule has 2 aromatic rings. The summed E-state index contributed by atoms with van der Waals surface area (Å²) in [7, 11) is 3.12. The number of nitrogens with zero attached hydrogens (tertiary/aromatic N) is 1. The summed E-state index contributed by atoms with van der Waals surface area (Å²) < 4.78 is 10.3. The summed E-state index contributed by atoms with van der Waals surface area (Å²) in [5, 5.41) is 0. The van der Waals surface area contributed by atoms with Gasteiger partial charge in [-0.25, -0.2) is 0 Å². The van der Waals surface area contributed by atoms with Crippen LogP contribution in [0.4, 0.5) is 0 Å². The Morgan fingerprint density at radius 3 is 2.92 bits per heavy atom. The van der Waals surface area contributed by atoms with Gasteiger partial charge in [-0.3, -0.25) is 9.59 Å². The average Bonchev–Trinajstić information content (AvgIpc) is 3.05. The number of thiophene rings is 1. The lowest BCUT2D eigenvalue weighted by molar-refractivity contribution is -0.140. The third-order valence-electron chi connectivity index (χ3n) is 3.98. The molecule has 0 aliphatic carbocycles. The van der Waals surface area contributed by atoms with E-state index in [-0.39, 0.29) is 11.9 Å². The van der Waals surface area contributed by atoms with Crippen molar-refractivity contribution < 1.29 is 19.1 Å². The van der Waals surface area contributed by atoms with Crippen LogP contribution in [0, 0.1) is 0 Å². The molecule has 1 aliphatic rings. The number of rotatable bonds is 5. The van der Waals surface area contributed by atoms with Gasteiger partial charge in [0.1, 0.15) is 12.4 Å². The predicted molar refractivity (Wildman–Crippen MR) is 92.3 cm³/mol. The molecule has 126 valence electrons. The predicted octanol–water partition coefficient (Wildman–Crippen LogP) is 3.33. The van der Waals surface area contributed by atoms with Gasteiger partial charge in [0.15, 0.2) is 0 Å². The number of amides is 1. The third kappa shape index (κ3) is 3.28. The van der Waals surface area contributed by atoms with Crippen LogP contribution < -0.4 is 4.74 Å². The maximum absolute atomic E-state index is 12.6. The molecule has 0 atom stereocenters. The van der Waals surface area contributed by atoms with Crippen molar-refractivity contribution in [1.29, 1.82) is 0 Å². The molecule has 1 aromatic carbocycles. The third-order valence-corrected chi connectivity index (χ3v) is 5.18. The van der Waals surface area contributed by atoms with Crippen molar-refractivity contribution in [2.45, 2.75) is 19.4 Å². The number of carbonyl (C=O) groups is 2. The van der Waals surface area contributed by atoms with Gasteiger partial charge >= 0.3 is 5.97 Å². The van der Waals surface area contributed by atoms with Gasteiger partial charge in [-0.05, 0) is 24.6 Å². The fourth-order valence-electron chi connectivity index (χ4n) is 2.66. The van der Waals surface area contributed by atoms with E-state index in [0.717, 1.165) is 21.8 Å². The summed E-state index contributed by atoms with van der Waals surface area (Å²) in [6, 6.07) is 9.78. The zero-order chi connectivity index (χ0) is 17.1. The van der Waals surface area contributed by atoms with Gasteiger partial charge in [-0.15, -0.1) is 11.3 Å². The van der Waals surface area contributed by atoms with E-state index in [2.05, 4.69) is 4.74 Å². The molecule has 0 saturated heterocycles. The van der Waals surface area contributed by atoms with E-state index >= 15 is 0 Å². The molecule has 24 heavy (non-hydrogen) atoms. The van der Waals surface area contributed by atoms with Crippen LogP contribution in [0.25, 0.3) is 10.4 Å². The van der Waals surface area contributed by atoms with Gasteiger partial charge in [0.25, 0.3) is 5.91 Å². The monoisotopic (exact) mass is 345 g/mol. The minimum atomic E-state index is -0.254. The van der Waals surface area contributed by atoms with Crippen LogP contribution in [0.5, 0.6) is 5.75 Å². The molecular weight excluding hydrogens is 326 g/mol. The highest BCUT2D eigenvalue weighted by molar-refractivity contribution is 7.17. The van der Waals surface area contributed by atoms with Gasteiger partial charge in [0.2, 0.25) is 0 Å². The molecule has 2 heterocycles. The van der Waals surface area contributed by atoms with Crippen LogP contribution in [0.15, 0.2) is 30.3 Å². The summed E-state index contributed by atoms with van der Waals surface area (Å²) in [4.78, 5) is 27.2. The van der Waals surface area contributed by atoms with Crippen molar-refractivity contribution in [2.75, 3.05) is 20.7 Å². The van der Waals surface area contributed by atoms with Crippen LogP contribution >= 0.6 is 11.3 Å². The Hall–Kier alpha value is -2.34. The van der Waals surface area contributed by atoms with Gasteiger partial charge in [-0.1, -0.05) is 12.1 Å². The number of hydrogen-bond donors (Lipinski definition) is 0. The number of benzene rings is 1. The minimum absolute atomic E-state index is 0.0308. The Bertz CT molecular complexity index is 768. The lowest BCUT2D eigenvalue weighted by Gasteiger charge is -2.16. The molecule has 1 aromatic heterocycles. The molecule has 0 N–H and O–H groups in total. The van der Waals surface area contributed by atoms with Crippen LogP contribution in [0.1, 0.15) is 28.1 Å². The first-order valence-corrected chi connectivity index (χ1v) is 8.59. The maximum atomic E-state index is 12.6. The highest BCUT2D eigenvalue weighted by atomic mass is 32.1. The zero-order valence-electron chi connectivity index (χ0n) is 13.7. The molecule has 0 bridgehead atoms. The standard InChI is InChI=1S/C18H19NO4S/c1-19(9-5-8-16(20)22-2)18(21)15-10-12-11-23-14-7-4-3-6-13(14)17(12)24-15/h3-4,6-7,10H,5,8-9,11H2,1-2H3. The highest BCUT2D eigenvalue weighted by Crippen LogP contribution is 2.42. The van der Waals surface area contributed by atoms with Crippen molar-refractivity contribution in [2.24, 2.45) is 0 Å². The van der Waals surface area contributed by atoms with Gasteiger partial charge in [0.05, 0.1) is 12.0 Å². The summed E-state index contributed by atoms with van der Waals surface area (Å²) in [5.74, 6) is 0.574. The molecule has 0 fully saturated rings. The minimum Gasteiger partial charge on any atom is -0.488 e. The van der Waals surface area contributed by atoms with E-state index in [1.807, 2.05) is 30.3 Å². The SMILES string of the molecule is COC(=O)CCCN(C)C(=O)c1cc2c(s1)-c1ccccc1OC2. The van der Waals surface area contributed by atoms with Crippen molar-refractivity contribution >= 4 is 23.2 Å². The van der Waals surface area contributed by atoms with Gasteiger partial charge in [-0.2, -0.15) is 0 Å². The van der Waals surface area contributed by atoms with Crippen molar-refractivity contribution in [3.63, 3.8) is 0 Å². The Kier molecular flexibility index (Phi) is 4.85. The largest absolute Gasteiger partial charge is 0.488 e. The topological polar surface area (TPSA) is 55.8 Å². The smallest absolute Gasteiger partial charge is 0.305 e. The van der Waals surface area contributed by atoms with Crippen molar-refractivity contribution in [3.8, 4) is 16.2 Å². The molecule has 0 radical (unpaired) electrons. The summed E-state index contributed by atoms with van der Waals surface area (Å²) in [6.45, 7) is 1.01. The average molecular weight is 345 g/mol. The van der Waals surface area contributed by atoms with Crippen LogP contribution in [-0.2, 0) is 16.1 Å². The van der Waals surface area contributed by atoms with Crippen molar-refractivity contribution in [3.05, 3.63) is 40.8 Å². The van der Waals surface area contributed by atoms with E-state index in [1.165, 1.54) is 18.4 Å². The van der Waals surface area contributed by atoms with Crippen molar-refractivity contribution in [1.82, 2.24) is 4.90 Å². The number of methoxy groups -OCH3 is 1. The first-order chi connectivity index (χ1) is 11.6. The van der Waals surface area contributed by atoms with Gasteiger partial charge in [0, 0.05) is 36.0 Å². The van der Waals surface area contributed by atoms with Crippen LogP contribution in [0.2, 0.25) is 0 Å². The molecule has 0 spiro atoms. The fourth-order valence-corrected chi connectivity index (χ4v) is 3.85. The molecule has 6 heteroatoms. The molecule has 0 saturated carbocycles. The molecule has 3 rings (SSSR count). The van der Waals surface area contributed by atoms with Gasteiger partial charge < -0.3 is 14.4 Å². The number of fused-ring (bicyclic) bond motifs is 3.